The molecule has 1 heterocycles. The Morgan fingerprint density at radius 1 is 1.33 bits per heavy atom. The van der Waals surface area contributed by atoms with E-state index in [1.807, 2.05) is 0 Å². The number of piperidine rings is 1. The van der Waals surface area contributed by atoms with E-state index in [-0.39, 0.29) is 29.6 Å². The first-order chi connectivity index (χ1) is 9.57. The summed E-state index contributed by atoms with van der Waals surface area (Å²) < 4.78 is 5.60. The van der Waals surface area contributed by atoms with E-state index in [4.69, 9.17) is 4.74 Å². The first kappa shape index (κ1) is 18.7. The first-order valence-corrected chi connectivity index (χ1v) is 8.13. The molecule has 124 valence electrons. The molecule has 0 bridgehead atoms. The smallest absolute Gasteiger partial charge is 0.223 e. The second-order valence-electron chi connectivity index (χ2n) is 6.54. The van der Waals surface area contributed by atoms with Crippen LogP contribution in [0.2, 0.25) is 0 Å². The standard InChI is InChI=1S/C16H30N2O2.ClH/c1-5-16(6-2)13(10-14(16)20-4)18-15(19)12-7-8-17-11(3)9-12;/h11-14,17H,5-10H2,1-4H3,(H,18,19);1H/t11-,12-,13?,14?;/m0./s1. The quantitative estimate of drug-likeness (QED) is 0.819. The summed E-state index contributed by atoms with van der Waals surface area (Å²) in [7, 11) is 1.79. The predicted octanol–water partition coefficient (Wildman–Crippen LogP) is 2.51. The van der Waals surface area contributed by atoms with E-state index in [9.17, 15) is 4.79 Å². The van der Waals surface area contributed by atoms with E-state index in [0.717, 1.165) is 38.6 Å². The Labute approximate surface area is 135 Å². The minimum Gasteiger partial charge on any atom is -0.381 e. The molecule has 4 atom stereocenters. The van der Waals surface area contributed by atoms with E-state index < -0.39 is 0 Å². The first-order valence-electron chi connectivity index (χ1n) is 8.13. The zero-order valence-corrected chi connectivity index (χ0v) is 14.6. The SMILES string of the molecule is CCC1(CC)C(NC(=O)[C@H]2CCN[C@@H](C)C2)CC1OC.Cl. The molecule has 0 aromatic carbocycles. The molecule has 2 N–H and O–H groups in total. The number of carbonyl (C=O) groups is 1. The van der Waals surface area contributed by atoms with E-state index in [1.54, 1.807) is 7.11 Å². The molecule has 0 spiro atoms. The second-order valence-corrected chi connectivity index (χ2v) is 6.54. The fourth-order valence-electron chi connectivity index (χ4n) is 4.14. The summed E-state index contributed by atoms with van der Waals surface area (Å²) in [6.07, 6.45) is 5.31. The molecule has 2 rings (SSSR count). The average molecular weight is 319 g/mol. The van der Waals surface area contributed by atoms with Gasteiger partial charge < -0.3 is 15.4 Å². The topological polar surface area (TPSA) is 50.4 Å². The van der Waals surface area contributed by atoms with Crippen molar-refractivity contribution >= 4 is 18.3 Å². The zero-order chi connectivity index (χ0) is 14.8. The van der Waals surface area contributed by atoms with Gasteiger partial charge in [-0.2, -0.15) is 0 Å². The van der Waals surface area contributed by atoms with Gasteiger partial charge in [0.2, 0.25) is 5.91 Å². The Morgan fingerprint density at radius 2 is 2.00 bits per heavy atom. The molecule has 1 aliphatic carbocycles. The normalized spacial score (nSPS) is 34.5. The van der Waals surface area contributed by atoms with Crippen molar-refractivity contribution in [2.45, 2.75) is 71.1 Å². The van der Waals surface area contributed by atoms with Crippen molar-refractivity contribution in [1.29, 1.82) is 0 Å². The highest BCUT2D eigenvalue weighted by Gasteiger charge is 2.53. The molecule has 5 heteroatoms. The third-order valence-electron chi connectivity index (χ3n) is 5.70. The summed E-state index contributed by atoms with van der Waals surface area (Å²) in [6, 6.07) is 0.745. The van der Waals surface area contributed by atoms with Crippen LogP contribution < -0.4 is 10.6 Å². The number of hydrogen-bond acceptors (Lipinski definition) is 3. The number of methoxy groups -OCH3 is 1. The lowest BCUT2D eigenvalue weighted by atomic mass is 9.58. The Hall–Kier alpha value is -0.320. The molecule has 2 fully saturated rings. The minimum absolute atomic E-state index is 0. The fourth-order valence-corrected chi connectivity index (χ4v) is 4.14. The highest BCUT2D eigenvalue weighted by molar-refractivity contribution is 5.85. The molecule has 4 nitrogen and oxygen atoms in total. The largest absolute Gasteiger partial charge is 0.381 e. The Bertz CT molecular complexity index is 347. The summed E-state index contributed by atoms with van der Waals surface area (Å²) in [5.74, 6) is 0.434. The van der Waals surface area contributed by atoms with Crippen molar-refractivity contribution in [2.75, 3.05) is 13.7 Å². The molecule has 1 aliphatic heterocycles. The summed E-state index contributed by atoms with van der Waals surface area (Å²) in [5.41, 5.74) is 0.142. The van der Waals surface area contributed by atoms with Gasteiger partial charge in [0.05, 0.1) is 6.10 Å². The lowest BCUT2D eigenvalue weighted by Crippen LogP contribution is -2.65. The van der Waals surface area contributed by atoms with E-state index in [2.05, 4.69) is 31.4 Å². The molecule has 1 saturated heterocycles. The van der Waals surface area contributed by atoms with Crippen LogP contribution in [-0.2, 0) is 9.53 Å². The van der Waals surface area contributed by atoms with Crippen LogP contribution in [0.5, 0.6) is 0 Å². The summed E-state index contributed by atoms with van der Waals surface area (Å²) in [5, 5.41) is 6.72. The van der Waals surface area contributed by atoms with Crippen LogP contribution >= 0.6 is 12.4 Å². The molecule has 2 aliphatic rings. The third-order valence-corrected chi connectivity index (χ3v) is 5.70. The second kappa shape index (κ2) is 7.80. The van der Waals surface area contributed by atoms with Gasteiger partial charge >= 0.3 is 0 Å². The van der Waals surface area contributed by atoms with Gasteiger partial charge in [0.1, 0.15) is 0 Å². The van der Waals surface area contributed by atoms with Gasteiger partial charge in [-0.3, -0.25) is 4.79 Å². The number of rotatable bonds is 5. The van der Waals surface area contributed by atoms with Gasteiger partial charge in [0, 0.05) is 30.5 Å². The van der Waals surface area contributed by atoms with Gasteiger partial charge in [-0.25, -0.2) is 0 Å². The number of nitrogens with one attached hydrogen (secondary N) is 2. The molecule has 1 amide bonds. The van der Waals surface area contributed by atoms with Crippen LogP contribution in [0.1, 0.15) is 52.9 Å². The van der Waals surface area contributed by atoms with Gasteiger partial charge in [-0.05, 0) is 45.6 Å². The van der Waals surface area contributed by atoms with Crippen LogP contribution in [0, 0.1) is 11.3 Å². The van der Waals surface area contributed by atoms with Gasteiger partial charge in [-0.15, -0.1) is 12.4 Å². The van der Waals surface area contributed by atoms with Gasteiger partial charge in [0.15, 0.2) is 0 Å². The predicted molar refractivity (Wildman–Crippen MR) is 87.8 cm³/mol. The number of ether oxygens (including phenoxy) is 1. The zero-order valence-electron chi connectivity index (χ0n) is 13.8. The summed E-state index contributed by atoms with van der Waals surface area (Å²) >= 11 is 0. The number of halogens is 1. The molecule has 1 saturated carbocycles. The van der Waals surface area contributed by atoms with Crippen LogP contribution in [-0.4, -0.2) is 37.7 Å². The third kappa shape index (κ3) is 3.54. The van der Waals surface area contributed by atoms with Crippen LogP contribution in [0.4, 0.5) is 0 Å². The van der Waals surface area contributed by atoms with Crippen LogP contribution in [0.15, 0.2) is 0 Å². The van der Waals surface area contributed by atoms with Gasteiger partial charge in [-0.1, -0.05) is 13.8 Å². The molecule has 0 aromatic heterocycles. The lowest BCUT2D eigenvalue weighted by Gasteiger charge is -2.55. The molecule has 2 unspecified atom stereocenters. The number of amides is 1. The van der Waals surface area contributed by atoms with E-state index in [0.29, 0.717) is 18.2 Å². The molecular formula is C16H31ClN2O2. The van der Waals surface area contributed by atoms with Crippen molar-refractivity contribution in [1.82, 2.24) is 10.6 Å². The highest BCUT2D eigenvalue weighted by atomic mass is 35.5. The highest BCUT2D eigenvalue weighted by Crippen LogP contribution is 2.48. The molecule has 0 radical (unpaired) electrons. The van der Waals surface area contributed by atoms with Crippen molar-refractivity contribution in [3.8, 4) is 0 Å². The molecule has 0 aromatic rings. The van der Waals surface area contributed by atoms with E-state index >= 15 is 0 Å². The minimum atomic E-state index is 0. The maximum atomic E-state index is 12.5. The van der Waals surface area contributed by atoms with Crippen LogP contribution in [0.25, 0.3) is 0 Å². The van der Waals surface area contributed by atoms with Crippen molar-refractivity contribution in [3.63, 3.8) is 0 Å². The molecular weight excluding hydrogens is 288 g/mol. The number of carbonyl (C=O) groups excluding carboxylic acids is 1. The maximum absolute atomic E-state index is 12.5. The van der Waals surface area contributed by atoms with Crippen molar-refractivity contribution in [3.05, 3.63) is 0 Å². The Morgan fingerprint density at radius 3 is 2.52 bits per heavy atom. The fraction of sp³-hybridized carbons (Fsp3) is 0.938. The summed E-state index contributed by atoms with van der Waals surface area (Å²) in [4.78, 5) is 12.5. The maximum Gasteiger partial charge on any atom is 0.223 e. The van der Waals surface area contributed by atoms with E-state index in [1.165, 1.54) is 0 Å². The monoisotopic (exact) mass is 318 g/mol. The van der Waals surface area contributed by atoms with Crippen molar-refractivity contribution in [2.24, 2.45) is 11.3 Å². The van der Waals surface area contributed by atoms with Gasteiger partial charge in [0.25, 0.3) is 0 Å². The lowest BCUT2D eigenvalue weighted by molar-refractivity contribution is -0.144. The summed E-state index contributed by atoms with van der Waals surface area (Å²) in [6.45, 7) is 7.53. The Balaban J connectivity index is 0.00000220. The van der Waals surface area contributed by atoms with Crippen molar-refractivity contribution < 1.29 is 9.53 Å². The average Bonchev–Trinajstić information content (AvgIpc) is 2.44. The van der Waals surface area contributed by atoms with Crippen LogP contribution in [0.3, 0.4) is 0 Å². The Kier molecular flexibility index (Phi) is 6.95. The molecule has 21 heavy (non-hydrogen) atoms. The number of hydrogen-bond donors (Lipinski definition) is 2.